The van der Waals surface area contributed by atoms with E-state index in [-0.39, 0.29) is 0 Å². The van der Waals surface area contributed by atoms with Crippen molar-refractivity contribution in [2.45, 2.75) is 24.8 Å². The first kappa shape index (κ1) is 13.4. The number of anilines is 1. The number of hydrogen-bond donors (Lipinski definition) is 1. The number of rotatable bonds is 4. The Morgan fingerprint density at radius 2 is 2.00 bits per heavy atom. The Morgan fingerprint density at radius 3 is 2.65 bits per heavy atom. The Bertz CT molecular complexity index is 579. The summed E-state index contributed by atoms with van der Waals surface area (Å²) in [6, 6.07) is 12.9. The Balaban J connectivity index is 1.56. The summed E-state index contributed by atoms with van der Waals surface area (Å²) >= 11 is 3.63. The fraction of sp³-hybridized carbons (Fsp3) is 0.312. The van der Waals surface area contributed by atoms with Gasteiger partial charge in [-0.1, -0.05) is 34.1 Å². The summed E-state index contributed by atoms with van der Waals surface area (Å²) in [6.45, 7) is 0. The zero-order valence-electron chi connectivity index (χ0n) is 11.3. The number of nitrogens with one attached hydrogen (secondary N) is 1. The molecule has 0 unspecified atom stereocenters. The van der Waals surface area contributed by atoms with Crippen LogP contribution in [0.1, 0.15) is 24.3 Å². The third-order valence-corrected chi connectivity index (χ3v) is 4.52. The van der Waals surface area contributed by atoms with Gasteiger partial charge in [-0.2, -0.15) is 0 Å². The van der Waals surface area contributed by atoms with Crippen molar-refractivity contribution < 1.29 is 4.74 Å². The van der Waals surface area contributed by atoms with Gasteiger partial charge in [0.1, 0.15) is 0 Å². The van der Waals surface area contributed by atoms with E-state index in [2.05, 4.69) is 50.5 Å². The van der Waals surface area contributed by atoms with Crippen molar-refractivity contribution >= 4 is 21.6 Å². The number of halogens is 1. The first-order valence-corrected chi connectivity index (χ1v) is 7.56. The summed E-state index contributed by atoms with van der Waals surface area (Å²) < 4.78 is 6.28. The van der Waals surface area contributed by atoms with E-state index in [1.54, 1.807) is 7.11 Å². The van der Waals surface area contributed by atoms with Crippen LogP contribution >= 0.6 is 15.9 Å². The predicted molar refractivity (Wildman–Crippen MR) is 84.3 cm³/mol. The van der Waals surface area contributed by atoms with Crippen LogP contribution in [0.15, 0.2) is 47.1 Å². The van der Waals surface area contributed by atoms with Crippen LogP contribution in [0.3, 0.4) is 0 Å². The van der Waals surface area contributed by atoms with Gasteiger partial charge >= 0.3 is 0 Å². The molecule has 1 aromatic carbocycles. The lowest BCUT2D eigenvalue weighted by Gasteiger charge is -2.37. The molecule has 1 N–H and O–H groups in total. The summed E-state index contributed by atoms with van der Waals surface area (Å²) in [5.74, 6) is 1.30. The van der Waals surface area contributed by atoms with Crippen molar-refractivity contribution in [3.05, 3.63) is 52.6 Å². The standard InChI is InChI=1S/C16H17BrN2O/c1-20-16-7-6-12(10-18-16)19-13-8-11(9-13)14-4-2-3-5-15(14)17/h2-7,10-11,13,19H,8-9H2,1H3. The summed E-state index contributed by atoms with van der Waals surface area (Å²) in [5, 5.41) is 3.52. The molecule has 1 aromatic heterocycles. The van der Waals surface area contributed by atoms with Crippen LogP contribution < -0.4 is 10.1 Å². The lowest BCUT2D eigenvalue weighted by Crippen LogP contribution is -2.34. The van der Waals surface area contributed by atoms with Crippen LogP contribution in [-0.4, -0.2) is 18.1 Å². The molecular weight excluding hydrogens is 316 g/mol. The van der Waals surface area contributed by atoms with E-state index in [9.17, 15) is 0 Å². The average Bonchev–Trinajstić information content (AvgIpc) is 2.44. The first-order chi connectivity index (χ1) is 9.76. The highest BCUT2D eigenvalue weighted by atomic mass is 79.9. The molecule has 4 heteroatoms. The molecule has 2 aromatic rings. The van der Waals surface area contributed by atoms with Crippen molar-refractivity contribution in [1.82, 2.24) is 4.98 Å². The second kappa shape index (κ2) is 5.83. The lowest BCUT2D eigenvalue weighted by molar-refractivity contribution is 0.372. The highest BCUT2D eigenvalue weighted by molar-refractivity contribution is 9.10. The minimum absolute atomic E-state index is 0.530. The second-order valence-corrected chi connectivity index (χ2v) is 5.97. The summed E-state index contributed by atoms with van der Waals surface area (Å²) in [4.78, 5) is 4.21. The molecule has 0 amide bonds. The van der Waals surface area contributed by atoms with Crippen LogP contribution in [0.25, 0.3) is 0 Å². The van der Waals surface area contributed by atoms with Crippen LogP contribution in [0.5, 0.6) is 5.88 Å². The smallest absolute Gasteiger partial charge is 0.213 e. The Hall–Kier alpha value is -1.55. The molecule has 20 heavy (non-hydrogen) atoms. The van der Waals surface area contributed by atoms with Crippen molar-refractivity contribution in [3.63, 3.8) is 0 Å². The van der Waals surface area contributed by atoms with Crippen molar-refractivity contribution in [2.75, 3.05) is 12.4 Å². The van der Waals surface area contributed by atoms with Gasteiger partial charge in [-0.25, -0.2) is 4.98 Å². The fourth-order valence-electron chi connectivity index (χ4n) is 2.62. The molecule has 0 saturated heterocycles. The molecule has 3 nitrogen and oxygen atoms in total. The maximum absolute atomic E-state index is 5.06. The van der Waals surface area contributed by atoms with Crippen LogP contribution in [-0.2, 0) is 0 Å². The van der Waals surface area contributed by atoms with E-state index in [1.165, 1.54) is 10.0 Å². The SMILES string of the molecule is COc1ccc(NC2CC(c3ccccc3Br)C2)cn1. The van der Waals surface area contributed by atoms with Crippen molar-refractivity contribution in [3.8, 4) is 5.88 Å². The average molecular weight is 333 g/mol. The number of hydrogen-bond acceptors (Lipinski definition) is 3. The third kappa shape index (κ3) is 2.80. The number of nitrogens with zero attached hydrogens (tertiary/aromatic N) is 1. The molecular formula is C16H17BrN2O. The number of pyridine rings is 1. The molecule has 1 saturated carbocycles. The van der Waals surface area contributed by atoms with E-state index in [1.807, 2.05) is 18.3 Å². The monoisotopic (exact) mass is 332 g/mol. The molecule has 0 aliphatic heterocycles. The van der Waals surface area contributed by atoms with Crippen LogP contribution in [0.4, 0.5) is 5.69 Å². The summed E-state index contributed by atoms with van der Waals surface area (Å²) in [5.41, 5.74) is 2.47. The normalized spacial score (nSPS) is 21.1. The second-order valence-electron chi connectivity index (χ2n) is 5.12. The fourth-order valence-corrected chi connectivity index (χ4v) is 3.23. The maximum atomic E-state index is 5.06. The Morgan fingerprint density at radius 1 is 1.20 bits per heavy atom. The molecule has 104 valence electrons. The van der Waals surface area contributed by atoms with Gasteiger partial charge in [0, 0.05) is 16.6 Å². The zero-order chi connectivity index (χ0) is 13.9. The Kier molecular flexibility index (Phi) is 3.92. The highest BCUT2D eigenvalue weighted by Gasteiger charge is 2.31. The molecule has 3 rings (SSSR count). The van der Waals surface area contributed by atoms with Gasteiger partial charge in [0.15, 0.2) is 0 Å². The molecule has 0 radical (unpaired) electrons. The number of ether oxygens (including phenoxy) is 1. The van der Waals surface area contributed by atoms with E-state index in [4.69, 9.17) is 4.74 Å². The predicted octanol–water partition coefficient (Wildman–Crippen LogP) is 4.21. The van der Waals surface area contributed by atoms with E-state index in [0.29, 0.717) is 17.8 Å². The topological polar surface area (TPSA) is 34.1 Å². The van der Waals surface area contributed by atoms with Crippen molar-refractivity contribution in [1.29, 1.82) is 0 Å². The molecule has 0 atom stereocenters. The first-order valence-electron chi connectivity index (χ1n) is 6.77. The van der Waals surface area contributed by atoms with E-state index >= 15 is 0 Å². The lowest BCUT2D eigenvalue weighted by atomic mass is 9.76. The number of benzene rings is 1. The largest absolute Gasteiger partial charge is 0.481 e. The highest BCUT2D eigenvalue weighted by Crippen LogP contribution is 2.41. The van der Waals surface area contributed by atoms with Gasteiger partial charge in [-0.15, -0.1) is 0 Å². The summed E-state index contributed by atoms with van der Waals surface area (Å²) in [6.07, 6.45) is 4.15. The minimum Gasteiger partial charge on any atom is -0.481 e. The van der Waals surface area contributed by atoms with Gasteiger partial charge in [-0.05, 0) is 36.5 Å². The number of methoxy groups -OCH3 is 1. The quantitative estimate of drug-likeness (QED) is 0.910. The maximum Gasteiger partial charge on any atom is 0.213 e. The van der Waals surface area contributed by atoms with Gasteiger partial charge in [-0.3, -0.25) is 0 Å². The van der Waals surface area contributed by atoms with Crippen LogP contribution in [0, 0.1) is 0 Å². The van der Waals surface area contributed by atoms with Gasteiger partial charge in [0.05, 0.1) is 19.0 Å². The third-order valence-electron chi connectivity index (χ3n) is 3.80. The zero-order valence-corrected chi connectivity index (χ0v) is 12.9. The van der Waals surface area contributed by atoms with Gasteiger partial charge in [0.2, 0.25) is 5.88 Å². The molecule has 0 bridgehead atoms. The molecule has 1 aliphatic rings. The van der Waals surface area contributed by atoms with E-state index in [0.717, 1.165) is 18.5 Å². The molecule has 1 fully saturated rings. The Labute approximate surface area is 127 Å². The van der Waals surface area contributed by atoms with E-state index < -0.39 is 0 Å². The number of aromatic nitrogens is 1. The molecule has 1 heterocycles. The van der Waals surface area contributed by atoms with Crippen molar-refractivity contribution in [2.24, 2.45) is 0 Å². The van der Waals surface area contributed by atoms with Crippen LogP contribution in [0.2, 0.25) is 0 Å². The summed E-state index contributed by atoms with van der Waals surface area (Å²) in [7, 11) is 1.63. The van der Waals surface area contributed by atoms with Gasteiger partial charge in [0.25, 0.3) is 0 Å². The minimum atomic E-state index is 0.530. The molecule has 1 aliphatic carbocycles. The molecule has 0 spiro atoms. The van der Waals surface area contributed by atoms with Gasteiger partial charge < -0.3 is 10.1 Å².